The summed E-state index contributed by atoms with van der Waals surface area (Å²) in [6.07, 6.45) is 4.70. The molecule has 3 heteroatoms. The van der Waals surface area contributed by atoms with Gasteiger partial charge in [0.25, 0.3) is 0 Å². The highest BCUT2D eigenvalue weighted by Gasteiger charge is 2.33. The van der Waals surface area contributed by atoms with Crippen LogP contribution in [0.4, 0.5) is 0 Å². The highest BCUT2D eigenvalue weighted by molar-refractivity contribution is 5.78. The molecule has 0 spiro atoms. The minimum atomic E-state index is -0.0470. The van der Waals surface area contributed by atoms with E-state index in [2.05, 4.69) is 38.7 Å². The number of pyridine rings is 1. The monoisotopic (exact) mass is 274 g/mol. The number of rotatable bonds is 3. The minimum absolute atomic E-state index is 0.0470. The third-order valence-corrected chi connectivity index (χ3v) is 4.21. The highest BCUT2D eigenvalue weighted by atomic mass is 16.2. The lowest BCUT2D eigenvalue weighted by Gasteiger charge is -2.41. The Kier molecular flexibility index (Phi) is 4.46. The molecule has 2 rings (SSSR count). The Hall–Kier alpha value is -1.38. The van der Waals surface area contributed by atoms with Crippen molar-refractivity contribution in [1.29, 1.82) is 0 Å². The summed E-state index contributed by atoms with van der Waals surface area (Å²) in [4.78, 5) is 18.7. The molecule has 2 heterocycles. The molecule has 110 valence electrons. The molecule has 0 N–H and O–H groups in total. The third-order valence-electron chi connectivity index (χ3n) is 4.21. The number of aromatic nitrogens is 1. The second kappa shape index (κ2) is 5.94. The molecule has 0 saturated carbocycles. The Morgan fingerprint density at radius 1 is 1.40 bits per heavy atom. The van der Waals surface area contributed by atoms with Crippen LogP contribution in [0.5, 0.6) is 0 Å². The summed E-state index contributed by atoms with van der Waals surface area (Å²) in [7, 11) is 0. The van der Waals surface area contributed by atoms with Crippen LogP contribution in [-0.2, 0) is 4.79 Å². The number of hydrogen-bond acceptors (Lipinski definition) is 2. The fourth-order valence-electron chi connectivity index (χ4n) is 3.09. The van der Waals surface area contributed by atoms with Crippen LogP contribution < -0.4 is 0 Å². The summed E-state index contributed by atoms with van der Waals surface area (Å²) in [5, 5.41) is 0. The molecule has 0 aromatic carbocycles. The second-order valence-corrected chi connectivity index (χ2v) is 6.97. The van der Waals surface area contributed by atoms with E-state index in [0.29, 0.717) is 24.2 Å². The number of amides is 1. The normalized spacial score (nSPS) is 21.9. The lowest BCUT2D eigenvalue weighted by molar-refractivity contribution is -0.140. The number of nitrogens with zero attached hydrogens (tertiary/aromatic N) is 2. The molecule has 20 heavy (non-hydrogen) atoms. The molecule has 1 amide bonds. The molecule has 3 nitrogen and oxygen atoms in total. The lowest BCUT2D eigenvalue weighted by atomic mass is 9.85. The van der Waals surface area contributed by atoms with Gasteiger partial charge in [-0.25, -0.2) is 0 Å². The van der Waals surface area contributed by atoms with Crippen molar-refractivity contribution in [1.82, 2.24) is 9.88 Å². The Morgan fingerprint density at radius 2 is 2.15 bits per heavy atom. The predicted molar refractivity (Wildman–Crippen MR) is 81.5 cm³/mol. The van der Waals surface area contributed by atoms with Gasteiger partial charge >= 0.3 is 0 Å². The van der Waals surface area contributed by atoms with Crippen LogP contribution in [0.15, 0.2) is 24.4 Å². The zero-order chi connectivity index (χ0) is 14.8. The van der Waals surface area contributed by atoms with Crippen LogP contribution in [0.3, 0.4) is 0 Å². The second-order valence-electron chi connectivity index (χ2n) is 6.97. The molecule has 1 aliphatic heterocycles. The van der Waals surface area contributed by atoms with Gasteiger partial charge in [0.2, 0.25) is 5.91 Å². The molecule has 1 saturated heterocycles. The maximum Gasteiger partial charge on any atom is 0.223 e. The molecular weight excluding hydrogens is 248 g/mol. The van der Waals surface area contributed by atoms with E-state index >= 15 is 0 Å². The molecule has 1 aliphatic rings. The van der Waals surface area contributed by atoms with Crippen molar-refractivity contribution >= 4 is 5.91 Å². The Balaban J connectivity index is 1.92. The molecule has 0 bridgehead atoms. The molecule has 2 unspecified atom stereocenters. The van der Waals surface area contributed by atoms with Gasteiger partial charge in [-0.05, 0) is 57.6 Å². The van der Waals surface area contributed by atoms with E-state index < -0.39 is 0 Å². The Morgan fingerprint density at radius 3 is 2.70 bits per heavy atom. The minimum Gasteiger partial charge on any atom is -0.338 e. The molecule has 0 radical (unpaired) electrons. The Labute approximate surface area is 122 Å². The molecule has 1 aromatic heterocycles. The quantitative estimate of drug-likeness (QED) is 0.843. The van der Waals surface area contributed by atoms with Crippen molar-refractivity contribution in [3.05, 3.63) is 30.1 Å². The summed E-state index contributed by atoms with van der Waals surface area (Å²) >= 11 is 0. The van der Waals surface area contributed by atoms with E-state index in [1.165, 1.54) is 0 Å². The molecule has 1 aromatic rings. The van der Waals surface area contributed by atoms with E-state index in [4.69, 9.17) is 0 Å². The van der Waals surface area contributed by atoms with Crippen LogP contribution in [-0.4, -0.2) is 27.9 Å². The van der Waals surface area contributed by atoms with Gasteiger partial charge in [-0.15, -0.1) is 0 Å². The average Bonchev–Trinajstić information content (AvgIpc) is 2.38. The van der Waals surface area contributed by atoms with Gasteiger partial charge in [0, 0.05) is 30.4 Å². The third kappa shape index (κ3) is 3.59. The topological polar surface area (TPSA) is 33.2 Å². The molecule has 0 aliphatic carbocycles. The number of hydrogen-bond donors (Lipinski definition) is 0. The number of piperidine rings is 1. The summed E-state index contributed by atoms with van der Waals surface area (Å²) in [5.74, 6) is 1.23. The molecule has 2 atom stereocenters. The van der Waals surface area contributed by atoms with Gasteiger partial charge in [-0.2, -0.15) is 0 Å². The standard InChI is InChI=1S/C17H26N2O/c1-13(15-7-5-6-9-18-15)11-14-8-10-19(16(20)12-14)17(2,3)4/h5-7,9,13-14H,8,10-12H2,1-4H3. The van der Waals surface area contributed by atoms with Crippen molar-refractivity contribution in [2.75, 3.05) is 6.54 Å². The summed E-state index contributed by atoms with van der Waals surface area (Å²) in [6, 6.07) is 6.06. The van der Waals surface area contributed by atoms with Crippen molar-refractivity contribution in [3.8, 4) is 0 Å². The fraction of sp³-hybridized carbons (Fsp3) is 0.647. The molecular formula is C17H26N2O. The largest absolute Gasteiger partial charge is 0.338 e. The van der Waals surface area contributed by atoms with Crippen LogP contribution in [0.1, 0.15) is 58.6 Å². The summed E-state index contributed by atoms with van der Waals surface area (Å²) < 4.78 is 0. The van der Waals surface area contributed by atoms with Gasteiger partial charge in [0.15, 0.2) is 0 Å². The van der Waals surface area contributed by atoms with Gasteiger partial charge in [-0.1, -0.05) is 13.0 Å². The zero-order valence-corrected chi connectivity index (χ0v) is 13.1. The number of carbonyl (C=O) groups excluding carboxylic acids is 1. The first kappa shape index (κ1) is 15.0. The predicted octanol–water partition coefficient (Wildman–Crippen LogP) is 3.61. The van der Waals surface area contributed by atoms with Crippen molar-refractivity contribution in [2.45, 2.75) is 58.4 Å². The van der Waals surface area contributed by atoms with Gasteiger partial charge in [0.1, 0.15) is 0 Å². The van der Waals surface area contributed by atoms with E-state index in [1.54, 1.807) is 0 Å². The maximum atomic E-state index is 12.3. The molecule has 1 fully saturated rings. The first-order chi connectivity index (χ1) is 9.38. The first-order valence-electron chi connectivity index (χ1n) is 7.59. The van der Waals surface area contributed by atoms with Crippen molar-refractivity contribution in [3.63, 3.8) is 0 Å². The zero-order valence-electron chi connectivity index (χ0n) is 13.1. The average molecular weight is 274 g/mol. The van der Waals surface area contributed by atoms with Crippen LogP contribution in [0.25, 0.3) is 0 Å². The van der Waals surface area contributed by atoms with E-state index in [1.807, 2.05) is 23.2 Å². The van der Waals surface area contributed by atoms with Crippen LogP contribution >= 0.6 is 0 Å². The SMILES string of the molecule is CC(CC1CCN(C(C)(C)C)C(=O)C1)c1ccccn1. The van der Waals surface area contributed by atoms with Crippen LogP contribution in [0.2, 0.25) is 0 Å². The number of likely N-dealkylation sites (tertiary alicyclic amines) is 1. The highest BCUT2D eigenvalue weighted by Crippen LogP contribution is 2.31. The smallest absolute Gasteiger partial charge is 0.223 e. The van der Waals surface area contributed by atoms with E-state index in [9.17, 15) is 4.79 Å². The van der Waals surface area contributed by atoms with Gasteiger partial charge < -0.3 is 4.90 Å². The summed E-state index contributed by atoms with van der Waals surface area (Å²) in [6.45, 7) is 9.44. The fourth-order valence-corrected chi connectivity index (χ4v) is 3.09. The maximum absolute atomic E-state index is 12.3. The Bertz CT molecular complexity index is 450. The van der Waals surface area contributed by atoms with E-state index in [0.717, 1.165) is 25.1 Å². The lowest BCUT2D eigenvalue weighted by Crippen LogP contribution is -2.49. The number of carbonyl (C=O) groups is 1. The summed E-state index contributed by atoms with van der Waals surface area (Å²) in [5.41, 5.74) is 1.09. The van der Waals surface area contributed by atoms with Crippen molar-refractivity contribution < 1.29 is 4.79 Å². The van der Waals surface area contributed by atoms with Gasteiger partial charge in [-0.3, -0.25) is 9.78 Å². The van der Waals surface area contributed by atoms with E-state index in [-0.39, 0.29) is 5.54 Å². The van der Waals surface area contributed by atoms with Crippen LogP contribution in [0, 0.1) is 5.92 Å². The first-order valence-corrected chi connectivity index (χ1v) is 7.59. The van der Waals surface area contributed by atoms with Gasteiger partial charge in [0.05, 0.1) is 0 Å². The van der Waals surface area contributed by atoms with Crippen molar-refractivity contribution in [2.24, 2.45) is 5.92 Å².